The van der Waals surface area contributed by atoms with Crippen LogP contribution >= 0.6 is 24.0 Å². The summed E-state index contributed by atoms with van der Waals surface area (Å²) in [6.45, 7) is 7.35. The lowest BCUT2D eigenvalue weighted by Gasteiger charge is -2.11. The Kier molecular flexibility index (Phi) is 11.0. The number of rotatable bonds is 9. The lowest BCUT2D eigenvalue weighted by Crippen LogP contribution is -2.37. The minimum atomic E-state index is 0. The molecule has 2 rings (SSSR count). The van der Waals surface area contributed by atoms with Gasteiger partial charge in [0.1, 0.15) is 0 Å². The van der Waals surface area contributed by atoms with E-state index in [2.05, 4.69) is 34.6 Å². The second kappa shape index (κ2) is 12.7. The van der Waals surface area contributed by atoms with Gasteiger partial charge in [-0.2, -0.15) is 5.10 Å². The third-order valence-corrected chi connectivity index (χ3v) is 3.53. The molecule has 0 unspecified atom stereocenters. The van der Waals surface area contributed by atoms with E-state index in [0.29, 0.717) is 12.5 Å². The molecule has 0 saturated heterocycles. The molecular weight excluding hydrogens is 441 g/mol. The molecule has 1 aromatic carbocycles. The van der Waals surface area contributed by atoms with Crippen molar-refractivity contribution in [3.8, 4) is 5.69 Å². The SMILES string of the molecule is CN=C(NCCCOCC(C)C)NCc1ccn(-c2ccccc2)n1.I. The van der Waals surface area contributed by atoms with E-state index in [1.54, 1.807) is 7.05 Å². The monoisotopic (exact) mass is 471 g/mol. The molecule has 7 heteroatoms. The summed E-state index contributed by atoms with van der Waals surface area (Å²) in [6.07, 6.45) is 2.92. The van der Waals surface area contributed by atoms with Crippen molar-refractivity contribution in [2.75, 3.05) is 26.8 Å². The minimum absolute atomic E-state index is 0. The molecule has 0 aliphatic carbocycles. The first kappa shape index (κ1) is 22.4. The van der Waals surface area contributed by atoms with Crippen molar-refractivity contribution in [2.45, 2.75) is 26.8 Å². The van der Waals surface area contributed by atoms with Crippen LogP contribution in [0.5, 0.6) is 0 Å². The van der Waals surface area contributed by atoms with Gasteiger partial charge in [-0.05, 0) is 30.5 Å². The van der Waals surface area contributed by atoms with E-state index in [4.69, 9.17) is 4.74 Å². The van der Waals surface area contributed by atoms with Gasteiger partial charge < -0.3 is 15.4 Å². The Morgan fingerprint density at radius 2 is 1.96 bits per heavy atom. The van der Waals surface area contributed by atoms with Crippen LogP contribution in [0.3, 0.4) is 0 Å². The van der Waals surface area contributed by atoms with Crippen molar-refractivity contribution >= 4 is 29.9 Å². The minimum Gasteiger partial charge on any atom is -0.381 e. The van der Waals surface area contributed by atoms with Gasteiger partial charge in [-0.25, -0.2) is 4.68 Å². The zero-order chi connectivity index (χ0) is 17.9. The first-order valence-electron chi connectivity index (χ1n) is 8.81. The first-order chi connectivity index (χ1) is 12.2. The molecule has 0 fully saturated rings. The number of hydrogen-bond acceptors (Lipinski definition) is 3. The van der Waals surface area contributed by atoms with E-state index in [1.165, 1.54) is 0 Å². The quantitative estimate of drug-likeness (QED) is 0.255. The Morgan fingerprint density at radius 3 is 2.65 bits per heavy atom. The van der Waals surface area contributed by atoms with Crippen molar-refractivity contribution in [3.05, 3.63) is 48.3 Å². The molecule has 1 aromatic heterocycles. The van der Waals surface area contributed by atoms with Crippen molar-refractivity contribution in [3.63, 3.8) is 0 Å². The number of nitrogens with zero attached hydrogens (tertiary/aromatic N) is 3. The summed E-state index contributed by atoms with van der Waals surface area (Å²) in [7, 11) is 1.77. The third-order valence-electron chi connectivity index (χ3n) is 3.53. The largest absolute Gasteiger partial charge is 0.381 e. The maximum Gasteiger partial charge on any atom is 0.191 e. The average Bonchev–Trinajstić information content (AvgIpc) is 3.10. The molecule has 2 N–H and O–H groups in total. The van der Waals surface area contributed by atoms with Crippen LogP contribution in [0.1, 0.15) is 26.0 Å². The van der Waals surface area contributed by atoms with E-state index >= 15 is 0 Å². The van der Waals surface area contributed by atoms with Crippen LogP contribution in [0.25, 0.3) is 5.69 Å². The molecule has 0 spiro atoms. The summed E-state index contributed by atoms with van der Waals surface area (Å²) in [5.41, 5.74) is 2.02. The van der Waals surface area contributed by atoms with Crippen LogP contribution in [0.2, 0.25) is 0 Å². The van der Waals surface area contributed by atoms with Gasteiger partial charge in [0.05, 0.1) is 17.9 Å². The summed E-state index contributed by atoms with van der Waals surface area (Å²) >= 11 is 0. The number of guanidine groups is 1. The first-order valence-corrected chi connectivity index (χ1v) is 8.81. The number of para-hydroxylation sites is 1. The van der Waals surface area contributed by atoms with E-state index in [-0.39, 0.29) is 24.0 Å². The summed E-state index contributed by atoms with van der Waals surface area (Å²) < 4.78 is 7.45. The maximum atomic E-state index is 5.57. The molecule has 0 aliphatic rings. The zero-order valence-electron chi connectivity index (χ0n) is 15.8. The van der Waals surface area contributed by atoms with Gasteiger partial charge >= 0.3 is 0 Å². The fourth-order valence-corrected chi connectivity index (χ4v) is 2.28. The van der Waals surface area contributed by atoms with Crippen LogP contribution < -0.4 is 10.6 Å². The fourth-order valence-electron chi connectivity index (χ4n) is 2.28. The summed E-state index contributed by atoms with van der Waals surface area (Å²) in [5, 5.41) is 11.1. The number of aromatic nitrogens is 2. The molecule has 26 heavy (non-hydrogen) atoms. The van der Waals surface area contributed by atoms with E-state index in [0.717, 1.165) is 43.5 Å². The Labute approximate surface area is 173 Å². The second-order valence-corrected chi connectivity index (χ2v) is 6.26. The van der Waals surface area contributed by atoms with Crippen molar-refractivity contribution < 1.29 is 4.74 Å². The highest BCUT2D eigenvalue weighted by molar-refractivity contribution is 14.0. The van der Waals surface area contributed by atoms with Gasteiger partial charge in [-0.3, -0.25) is 4.99 Å². The molecular formula is C19H30IN5O. The summed E-state index contributed by atoms with van der Waals surface area (Å²) in [6, 6.07) is 12.1. The van der Waals surface area contributed by atoms with E-state index in [1.807, 2.05) is 47.3 Å². The molecule has 0 aliphatic heterocycles. The number of halogens is 1. The molecule has 2 aromatic rings. The van der Waals surface area contributed by atoms with Gasteiger partial charge in [0.2, 0.25) is 0 Å². The number of ether oxygens (including phenoxy) is 1. The molecule has 0 saturated carbocycles. The molecule has 0 radical (unpaired) electrons. The standard InChI is InChI=1S/C19H29N5O.HI/c1-16(2)15-25-13-7-11-21-19(20-3)22-14-17-10-12-24(23-17)18-8-5-4-6-9-18;/h4-6,8-10,12,16H,7,11,13-15H2,1-3H3,(H2,20,21,22);1H. The van der Waals surface area contributed by atoms with Gasteiger partial charge in [-0.1, -0.05) is 32.0 Å². The summed E-state index contributed by atoms with van der Waals surface area (Å²) in [4.78, 5) is 4.23. The highest BCUT2D eigenvalue weighted by atomic mass is 127. The van der Waals surface area contributed by atoms with Gasteiger partial charge in [-0.15, -0.1) is 24.0 Å². The second-order valence-electron chi connectivity index (χ2n) is 6.26. The molecule has 144 valence electrons. The van der Waals surface area contributed by atoms with Crippen LogP contribution in [0, 0.1) is 5.92 Å². The van der Waals surface area contributed by atoms with Crippen molar-refractivity contribution in [1.29, 1.82) is 0 Å². The van der Waals surface area contributed by atoms with E-state index < -0.39 is 0 Å². The predicted octanol–water partition coefficient (Wildman–Crippen LogP) is 3.22. The van der Waals surface area contributed by atoms with Crippen molar-refractivity contribution in [1.82, 2.24) is 20.4 Å². The Balaban J connectivity index is 0.00000338. The molecule has 0 bridgehead atoms. The smallest absolute Gasteiger partial charge is 0.191 e. The normalized spacial score (nSPS) is 11.3. The third kappa shape index (κ3) is 8.18. The maximum absolute atomic E-state index is 5.57. The highest BCUT2D eigenvalue weighted by Crippen LogP contribution is 2.06. The lowest BCUT2D eigenvalue weighted by atomic mass is 10.2. The zero-order valence-corrected chi connectivity index (χ0v) is 18.1. The lowest BCUT2D eigenvalue weighted by molar-refractivity contribution is 0.108. The molecule has 1 heterocycles. The number of hydrogen-bond donors (Lipinski definition) is 2. The van der Waals surface area contributed by atoms with Crippen LogP contribution in [-0.2, 0) is 11.3 Å². The van der Waals surface area contributed by atoms with Crippen molar-refractivity contribution in [2.24, 2.45) is 10.9 Å². The van der Waals surface area contributed by atoms with Gasteiger partial charge in [0, 0.05) is 33.0 Å². The average molecular weight is 471 g/mol. The predicted molar refractivity (Wildman–Crippen MR) is 117 cm³/mol. The number of nitrogens with one attached hydrogen (secondary N) is 2. The molecule has 0 atom stereocenters. The fraction of sp³-hybridized carbons (Fsp3) is 0.474. The van der Waals surface area contributed by atoms with Crippen LogP contribution in [0.15, 0.2) is 47.6 Å². The Hall–Kier alpha value is -1.61. The molecule has 6 nitrogen and oxygen atoms in total. The Bertz CT molecular complexity index is 642. The van der Waals surface area contributed by atoms with Gasteiger partial charge in [0.15, 0.2) is 5.96 Å². The van der Waals surface area contributed by atoms with Crippen LogP contribution in [0.4, 0.5) is 0 Å². The number of aliphatic imine (C=N–C) groups is 1. The Morgan fingerprint density at radius 1 is 1.19 bits per heavy atom. The summed E-state index contributed by atoms with van der Waals surface area (Å²) in [5.74, 6) is 1.36. The van der Waals surface area contributed by atoms with E-state index in [9.17, 15) is 0 Å². The highest BCUT2D eigenvalue weighted by Gasteiger charge is 2.03. The topological polar surface area (TPSA) is 63.5 Å². The number of benzene rings is 1. The molecule has 0 amide bonds. The van der Waals surface area contributed by atoms with Gasteiger partial charge in [0.25, 0.3) is 0 Å². The van der Waals surface area contributed by atoms with Crippen LogP contribution in [-0.4, -0.2) is 42.5 Å².